The molecule has 28 heavy (non-hydrogen) atoms. The van der Waals surface area contributed by atoms with Crippen molar-refractivity contribution in [2.45, 2.75) is 18.5 Å². The van der Waals surface area contributed by atoms with Gasteiger partial charge >= 0.3 is 12.4 Å². The van der Waals surface area contributed by atoms with Gasteiger partial charge in [0.05, 0.1) is 17.2 Å². The number of hydrogen-bond acceptors (Lipinski definition) is 5. The van der Waals surface area contributed by atoms with E-state index in [0.717, 1.165) is 18.2 Å². The molecule has 0 aliphatic carbocycles. The van der Waals surface area contributed by atoms with E-state index in [1.165, 1.54) is 0 Å². The maximum atomic E-state index is 13.2. The highest BCUT2D eigenvalue weighted by Crippen LogP contribution is 2.38. The summed E-state index contributed by atoms with van der Waals surface area (Å²) in [7, 11) is 0. The topological polar surface area (TPSA) is 94.1 Å². The molecule has 12 heteroatoms. The highest BCUT2D eigenvalue weighted by molar-refractivity contribution is 5.86. The van der Waals surface area contributed by atoms with Crippen LogP contribution in [0.5, 0.6) is 5.88 Å². The lowest BCUT2D eigenvalue weighted by molar-refractivity contribution is -0.142. The number of aromatic nitrogens is 3. The van der Waals surface area contributed by atoms with E-state index < -0.39 is 35.2 Å². The number of rotatable bonds is 4. The number of alkyl halides is 6. The van der Waals surface area contributed by atoms with Gasteiger partial charge in [0, 0.05) is 18.0 Å². The third-order valence-corrected chi connectivity index (χ3v) is 3.87. The Bertz CT molecular complexity index is 999. The Balaban J connectivity index is 2.09. The average Bonchev–Trinajstić information content (AvgIpc) is 3.01. The molecule has 0 radical (unpaired) electrons. The van der Waals surface area contributed by atoms with E-state index in [2.05, 4.69) is 20.5 Å². The Morgan fingerprint density at radius 1 is 1.07 bits per heavy atom. The van der Waals surface area contributed by atoms with Crippen molar-refractivity contribution in [3.63, 3.8) is 0 Å². The number of aliphatic hydroxyl groups is 1. The molecule has 150 valence electrons. The third-order valence-electron chi connectivity index (χ3n) is 3.87. The summed E-state index contributed by atoms with van der Waals surface area (Å²) in [5.74, 6) is -0.206. The smallest absolute Gasteiger partial charge is 0.433 e. The van der Waals surface area contributed by atoms with Crippen LogP contribution in [0.25, 0.3) is 10.9 Å². The molecule has 0 spiro atoms. The van der Waals surface area contributed by atoms with E-state index >= 15 is 0 Å². The van der Waals surface area contributed by atoms with Crippen molar-refractivity contribution in [3.05, 3.63) is 47.2 Å². The van der Waals surface area contributed by atoms with E-state index in [-0.39, 0.29) is 29.2 Å². The molecule has 2 heterocycles. The summed E-state index contributed by atoms with van der Waals surface area (Å²) in [6.07, 6.45) is -11.6. The summed E-state index contributed by atoms with van der Waals surface area (Å²) in [5, 5.41) is 27.6. The monoisotopic (exact) mass is 406 g/mol. The van der Waals surface area contributed by atoms with E-state index in [1.54, 1.807) is 0 Å². The van der Waals surface area contributed by atoms with Crippen LogP contribution in [0.15, 0.2) is 30.3 Å². The lowest BCUT2D eigenvalue weighted by Crippen LogP contribution is -2.17. The summed E-state index contributed by atoms with van der Waals surface area (Å²) < 4.78 is 79.1. The zero-order valence-electron chi connectivity index (χ0n) is 13.7. The van der Waals surface area contributed by atoms with Crippen LogP contribution in [0.1, 0.15) is 22.9 Å². The molecule has 0 aliphatic heterocycles. The number of aliphatic hydroxyl groups excluding tert-OH is 1. The van der Waals surface area contributed by atoms with Gasteiger partial charge in [-0.25, -0.2) is 10.1 Å². The van der Waals surface area contributed by atoms with Crippen LogP contribution in [-0.2, 0) is 12.4 Å². The lowest BCUT2D eigenvalue weighted by atomic mass is 9.99. The maximum Gasteiger partial charge on any atom is 0.433 e. The van der Waals surface area contributed by atoms with Gasteiger partial charge in [0.2, 0.25) is 5.88 Å². The Hall–Kier alpha value is -3.02. The van der Waals surface area contributed by atoms with Gasteiger partial charge in [-0.05, 0) is 17.7 Å². The predicted molar refractivity (Wildman–Crippen MR) is 85.4 cm³/mol. The Morgan fingerprint density at radius 3 is 2.36 bits per heavy atom. The molecule has 4 N–H and O–H groups in total. The molecule has 0 fully saturated rings. The predicted octanol–water partition coefficient (Wildman–Crippen LogP) is 3.85. The lowest BCUT2D eigenvalue weighted by Gasteiger charge is -2.18. The Labute approximate surface area is 152 Å². The number of nitrogens with one attached hydrogen (secondary N) is 2. The second-order valence-corrected chi connectivity index (χ2v) is 5.83. The van der Waals surface area contributed by atoms with Crippen LogP contribution < -0.4 is 5.32 Å². The van der Waals surface area contributed by atoms with Crippen molar-refractivity contribution in [3.8, 4) is 5.88 Å². The van der Waals surface area contributed by atoms with Crippen LogP contribution >= 0.6 is 0 Å². The summed E-state index contributed by atoms with van der Waals surface area (Å²) in [4.78, 5) is 3.15. The normalized spacial score (nSPS) is 13.7. The van der Waals surface area contributed by atoms with Crippen LogP contribution in [-0.4, -0.2) is 31.9 Å². The zero-order chi connectivity index (χ0) is 20.7. The number of aromatic amines is 1. The fourth-order valence-corrected chi connectivity index (χ4v) is 2.64. The van der Waals surface area contributed by atoms with Gasteiger partial charge in [-0.2, -0.15) is 31.4 Å². The number of pyridine rings is 1. The first-order valence-corrected chi connectivity index (χ1v) is 7.71. The number of para-hydroxylation sites is 1. The number of hydrogen-bond donors (Lipinski definition) is 4. The highest BCUT2D eigenvalue weighted by atomic mass is 19.4. The minimum atomic E-state index is -5.01. The molecule has 0 saturated carbocycles. The molecule has 6 nitrogen and oxygen atoms in total. The van der Waals surface area contributed by atoms with Crippen molar-refractivity contribution in [1.29, 1.82) is 0 Å². The fourth-order valence-electron chi connectivity index (χ4n) is 2.64. The van der Waals surface area contributed by atoms with Crippen molar-refractivity contribution in [1.82, 2.24) is 15.2 Å². The second-order valence-electron chi connectivity index (χ2n) is 5.83. The van der Waals surface area contributed by atoms with Gasteiger partial charge < -0.3 is 15.5 Å². The van der Waals surface area contributed by atoms with Gasteiger partial charge in [0.25, 0.3) is 0 Å². The largest absolute Gasteiger partial charge is 0.494 e. The first-order valence-electron chi connectivity index (χ1n) is 7.71. The summed E-state index contributed by atoms with van der Waals surface area (Å²) in [6, 6.07) is 4.46. The van der Waals surface area contributed by atoms with Gasteiger partial charge in [0.1, 0.15) is 5.69 Å². The van der Waals surface area contributed by atoms with Crippen LogP contribution in [0, 0.1) is 0 Å². The van der Waals surface area contributed by atoms with Crippen molar-refractivity contribution < 1.29 is 36.6 Å². The molecule has 0 saturated heterocycles. The first-order chi connectivity index (χ1) is 13.0. The molecule has 3 rings (SSSR count). The molecule has 1 aromatic carbocycles. The van der Waals surface area contributed by atoms with Crippen molar-refractivity contribution in [2.75, 3.05) is 11.9 Å². The maximum absolute atomic E-state index is 13.2. The van der Waals surface area contributed by atoms with E-state index in [0.29, 0.717) is 12.1 Å². The third kappa shape index (κ3) is 3.96. The SMILES string of the molecule is Oc1cc(NCC(O)c2cc(C(F)(F)F)nc3c(C(F)(F)F)cccc23)n[nH]1. The standard InChI is InChI=1S/C16H12F6N4O2/c17-15(18,19)9-3-1-2-7-8(4-11(16(20,21)22)24-14(7)9)10(27)6-23-12-5-13(28)26-25-12/h1-5,10,27H,6H2,(H3,23,25,26,28). The minimum Gasteiger partial charge on any atom is -0.494 e. The molecule has 3 aromatic rings. The molecular formula is C16H12F6N4O2. The van der Waals surface area contributed by atoms with E-state index in [1.807, 2.05) is 0 Å². The highest BCUT2D eigenvalue weighted by Gasteiger charge is 2.37. The Morgan fingerprint density at radius 2 is 1.79 bits per heavy atom. The van der Waals surface area contributed by atoms with Gasteiger partial charge in [-0.3, -0.25) is 0 Å². The molecule has 1 unspecified atom stereocenters. The van der Waals surface area contributed by atoms with Crippen molar-refractivity contribution >= 4 is 16.7 Å². The fraction of sp³-hybridized carbons (Fsp3) is 0.250. The summed E-state index contributed by atoms with van der Waals surface area (Å²) in [6.45, 7) is -0.378. The number of benzene rings is 1. The molecule has 0 aliphatic rings. The number of halogens is 6. The molecule has 2 aromatic heterocycles. The summed E-state index contributed by atoms with van der Waals surface area (Å²) in [5.41, 5.74) is -4.18. The van der Waals surface area contributed by atoms with Crippen molar-refractivity contribution in [2.24, 2.45) is 0 Å². The number of fused-ring (bicyclic) bond motifs is 1. The molecule has 0 amide bonds. The number of anilines is 1. The number of aromatic hydroxyl groups is 1. The molecular weight excluding hydrogens is 394 g/mol. The van der Waals surface area contributed by atoms with Crippen LogP contribution in [0.2, 0.25) is 0 Å². The van der Waals surface area contributed by atoms with Gasteiger partial charge in [0.15, 0.2) is 5.82 Å². The van der Waals surface area contributed by atoms with Gasteiger partial charge in [-0.1, -0.05) is 12.1 Å². The summed E-state index contributed by atoms with van der Waals surface area (Å²) >= 11 is 0. The Kier molecular flexibility index (Phi) is 4.83. The van der Waals surface area contributed by atoms with Crippen LogP contribution in [0.3, 0.4) is 0 Å². The van der Waals surface area contributed by atoms with E-state index in [4.69, 9.17) is 5.11 Å². The first kappa shape index (κ1) is 19.7. The zero-order valence-corrected chi connectivity index (χ0v) is 13.7. The number of nitrogens with zero attached hydrogens (tertiary/aromatic N) is 2. The molecule has 0 bridgehead atoms. The minimum absolute atomic E-state index is 0.0851. The average molecular weight is 406 g/mol. The second kappa shape index (κ2) is 6.86. The van der Waals surface area contributed by atoms with Crippen LogP contribution in [0.4, 0.5) is 32.2 Å². The molecule has 1 atom stereocenters. The quantitative estimate of drug-likeness (QED) is 0.494. The number of H-pyrrole nitrogens is 1. The van der Waals surface area contributed by atoms with Gasteiger partial charge in [-0.15, -0.1) is 0 Å². The van der Waals surface area contributed by atoms with E-state index in [9.17, 15) is 31.4 Å².